The molecular formula is C22H18B2F8N2. The van der Waals surface area contributed by atoms with Gasteiger partial charge in [-0.3, -0.25) is 0 Å². The number of hydrogen-bond acceptors (Lipinski definition) is 0. The fourth-order valence-electron chi connectivity index (χ4n) is 3.89. The molecule has 0 spiro atoms. The molecule has 4 aromatic heterocycles. The topological polar surface area (TPSA) is 8.20 Å². The Morgan fingerprint density at radius 1 is 0.647 bits per heavy atom. The van der Waals surface area contributed by atoms with Crippen molar-refractivity contribution in [2.24, 2.45) is 0 Å². The second-order valence-electron chi connectivity index (χ2n) is 7.53. The van der Waals surface area contributed by atoms with Gasteiger partial charge in [0.1, 0.15) is 0 Å². The van der Waals surface area contributed by atoms with Gasteiger partial charge in [0.05, 0.1) is 0 Å². The molecule has 0 aliphatic heterocycles. The van der Waals surface area contributed by atoms with E-state index in [9.17, 15) is 34.5 Å². The minimum absolute atomic E-state index is 1.22. The summed E-state index contributed by atoms with van der Waals surface area (Å²) in [5.74, 6) is 0. The quantitative estimate of drug-likeness (QED) is 0.0762. The smallest absolute Gasteiger partial charge is 0.418 e. The number of halogens is 8. The first-order chi connectivity index (χ1) is 15.7. The van der Waals surface area contributed by atoms with Gasteiger partial charge in [-0.05, 0) is 37.6 Å². The van der Waals surface area contributed by atoms with Crippen LogP contribution in [0.3, 0.4) is 0 Å². The predicted octanol–water partition coefficient (Wildman–Crippen LogP) is 6.69. The Bertz CT molecular complexity index is 1460. The number of pyridine rings is 4. The zero-order chi connectivity index (χ0) is 25.3. The van der Waals surface area contributed by atoms with Gasteiger partial charge in [-0.15, -0.1) is 0 Å². The van der Waals surface area contributed by atoms with E-state index >= 15 is 0 Å². The van der Waals surface area contributed by atoms with Crippen molar-refractivity contribution in [1.82, 2.24) is 0 Å². The van der Waals surface area contributed by atoms with Gasteiger partial charge in [0.15, 0.2) is 24.8 Å². The lowest BCUT2D eigenvalue weighted by atomic mass is 9.96. The standard InChI is InChI=1S/C22H18N2.2BF4/c1-15-11-17-13-24-10-6-4-8-21(24)16(2)22(17)19-12-18-7-3-5-9-23(18)14-20(15)19;2*2-1(3,4)5/h3-14H,1-2H3;;/q+2;2*-1. The molecule has 0 N–H and O–H groups in total. The minimum atomic E-state index is -6.00. The zero-order valence-corrected chi connectivity index (χ0v) is 18.0. The molecule has 0 radical (unpaired) electrons. The second-order valence-corrected chi connectivity index (χ2v) is 7.53. The molecule has 0 unspecified atom stereocenters. The fraction of sp³-hybridized carbons (Fsp3) is 0.0909. The van der Waals surface area contributed by atoms with Crippen LogP contribution in [0.15, 0.2) is 73.3 Å². The molecule has 4 heterocycles. The molecule has 0 aliphatic carbocycles. The fourth-order valence-corrected chi connectivity index (χ4v) is 3.89. The lowest BCUT2D eigenvalue weighted by Gasteiger charge is -2.08. The van der Waals surface area contributed by atoms with Crippen LogP contribution in [0, 0.1) is 13.8 Å². The lowest BCUT2D eigenvalue weighted by Crippen LogP contribution is -2.22. The van der Waals surface area contributed by atoms with Gasteiger partial charge in [0, 0.05) is 57.4 Å². The summed E-state index contributed by atoms with van der Waals surface area (Å²) in [7, 11) is -12.0. The lowest BCUT2D eigenvalue weighted by molar-refractivity contribution is -0.510. The average molecular weight is 484 g/mol. The number of aryl methyl sites for hydroxylation is 2. The van der Waals surface area contributed by atoms with Crippen molar-refractivity contribution >= 4 is 47.1 Å². The van der Waals surface area contributed by atoms with E-state index in [2.05, 4.69) is 96.0 Å². The zero-order valence-electron chi connectivity index (χ0n) is 18.0. The van der Waals surface area contributed by atoms with Crippen LogP contribution in [-0.2, 0) is 0 Å². The number of benzene rings is 1. The van der Waals surface area contributed by atoms with Gasteiger partial charge in [0.25, 0.3) is 0 Å². The largest absolute Gasteiger partial charge is 0.673 e. The molecule has 178 valence electrons. The molecule has 0 saturated heterocycles. The molecule has 0 atom stereocenters. The summed E-state index contributed by atoms with van der Waals surface area (Å²) < 4.78 is 82.4. The van der Waals surface area contributed by atoms with Crippen molar-refractivity contribution in [2.75, 3.05) is 0 Å². The van der Waals surface area contributed by atoms with E-state index in [-0.39, 0.29) is 0 Å². The molecular weight excluding hydrogens is 466 g/mol. The summed E-state index contributed by atoms with van der Waals surface area (Å²) in [6, 6.07) is 17.3. The monoisotopic (exact) mass is 484 g/mol. The Labute approximate surface area is 189 Å². The van der Waals surface area contributed by atoms with Gasteiger partial charge in [-0.1, -0.05) is 0 Å². The Hall–Kier alpha value is -3.43. The highest BCUT2D eigenvalue weighted by atomic mass is 19.5. The summed E-state index contributed by atoms with van der Waals surface area (Å²) in [5.41, 5.74) is 5.12. The minimum Gasteiger partial charge on any atom is -0.418 e. The van der Waals surface area contributed by atoms with Crippen LogP contribution in [0.2, 0.25) is 0 Å². The molecule has 12 heteroatoms. The Morgan fingerprint density at radius 3 is 1.82 bits per heavy atom. The number of hydrogen-bond donors (Lipinski definition) is 0. The molecule has 0 saturated carbocycles. The summed E-state index contributed by atoms with van der Waals surface area (Å²) in [4.78, 5) is 0. The van der Waals surface area contributed by atoms with E-state index in [0.29, 0.717) is 0 Å². The number of rotatable bonds is 0. The van der Waals surface area contributed by atoms with Crippen LogP contribution in [0.1, 0.15) is 11.1 Å². The molecule has 1 aromatic carbocycles. The van der Waals surface area contributed by atoms with Gasteiger partial charge < -0.3 is 34.5 Å². The van der Waals surface area contributed by atoms with E-state index in [1.807, 2.05) is 0 Å². The van der Waals surface area contributed by atoms with Gasteiger partial charge in [-0.2, -0.15) is 8.80 Å². The molecule has 0 bridgehead atoms. The van der Waals surface area contributed by atoms with Gasteiger partial charge in [-0.25, -0.2) is 0 Å². The molecule has 0 fully saturated rings. The maximum Gasteiger partial charge on any atom is 0.673 e. The summed E-state index contributed by atoms with van der Waals surface area (Å²) >= 11 is 0. The highest BCUT2D eigenvalue weighted by Gasteiger charge is 2.21. The van der Waals surface area contributed by atoms with Crippen LogP contribution in [-0.4, -0.2) is 14.5 Å². The highest BCUT2D eigenvalue weighted by Crippen LogP contribution is 2.31. The number of fused-ring (bicyclic) bond motifs is 5. The summed E-state index contributed by atoms with van der Waals surface area (Å²) in [6.07, 6.45) is 8.73. The molecule has 0 amide bonds. The predicted molar refractivity (Wildman–Crippen MR) is 118 cm³/mol. The van der Waals surface area contributed by atoms with Gasteiger partial charge in [0.2, 0.25) is 11.0 Å². The average Bonchev–Trinajstić information content (AvgIpc) is 2.70. The number of nitrogens with zero attached hydrogens (tertiary/aromatic N) is 2. The van der Waals surface area contributed by atoms with Crippen LogP contribution >= 0.6 is 0 Å². The van der Waals surface area contributed by atoms with E-state index in [1.165, 1.54) is 43.7 Å². The molecule has 34 heavy (non-hydrogen) atoms. The van der Waals surface area contributed by atoms with Crippen molar-refractivity contribution in [3.05, 3.63) is 84.4 Å². The Kier molecular flexibility index (Phi) is 6.99. The first kappa shape index (κ1) is 25.2. The van der Waals surface area contributed by atoms with Crippen molar-refractivity contribution < 1.29 is 43.3 Å². The second kappa shape index (κ2) is 9.44. The maximum absolute atomic E-state index is 9.75. The molecule has 0 aliphatic rings. The first-order valence-electron chi connectivity index (χ1n) is 10.0. The first-order valence-corrected chi connectivity index (χ1v) is 10.0. The summed E-state index contributed by atoms with van der Waals surface area (Å²) in [6.45, 7) is 4.43. The van der Waals surface area contributed by atoms with Crippen molar-refractivity contribution in [3.63, 3.8) is 0 Å². The third kappa shape index (κ3) is 6.33. The van der Waals surface area contributed by atoms with Gasteiger partial charge >= 0.3 is 14.5 Å². The molecule has 5 rings (SSSR count). The van der Waals surface area contributed by atoms with E-state index < -0.39 is 14.5 Å². The molecule has 2 nitrogen and oxygen atoms in total. The van der Waals surface area contributed by atoms with Crippen LogP contribution in [0.5, 0.6) is 0 Å². The SMILES string of the molecule is Cc1cc2c[n+]3ccccc3c(C)c2c2cc3cccc[n+]3cc12.F[B-](F)(F)F.F[B-](F)(F)F. The third-order valence-electron chi connectivity index (χ3n) is 5.06. The molecule has 5 aromatic rings. The van der Waals surface area contributed by atoms with E-state index in [0.717, 1.165) is 0 Å². The van der Waals surface area contributed by atoms with E-state index in [1.54, 1.807) is 0 Å². The summed E-state index contributed by atoms with van der Waals surface area (Å²) in [5, 5.41) is 5.30. The van der Waals surface area contributed by atoms with Crippen LogP contribution in [0.4, 0.5) is 34.5 Å². The van der Waals surface area contributed by atoms with Crippen molar-refractivity contribution in [3.8, 4) is 0 Å². The third-order valence-corrected chi connectivity index (χ3v) is 5.06. The van der Waals surface area contributed by atoms with Crippen molar-refractivity contribution in [2.45, 2.75) is 13.8 Å². The number of aromatic nitrogens is 2. The maximum atomic E-state index is 9.75. The normalized spacial score (nSPS) is 11.8. The van der Waals surface area contributed by atoms with E-state index in [4.69, 9.17) is 0 Å². The van der Waals surface area contributed by atoms with Crippen LogP contribution < -0.4 is 8.80 Å². The highest BCUT2D eigenvalue weighted by molar-refractivity contribution is 6.50. The Morgan fingerprint density at radius 2 is 1.21 bits per heavy atom. The van der Waals surface area contributed by atoms with Crippen molar-refractivity contribution in [1.29, 1.82) is 0 Å². The Balaban J connectivity index is 0.000000277. The van der Waals surface area contributed by atoms with Crippen LogP contribution in [0.25, 0.3) is 32.6 Å².